The number of rotatable bonds is 2. The van der Waals surface area contributed by atoms with Gasteiger partial charge in [-0.05, 0) is 80.9 Å². The molecule has 2 nitrogen and oxygen atoms in total. The van der Waals surface area contributed by atoms with Crippen molar-refractivity contribution in [1.29, 1.82) is 0 Å². The molecule has 2 aliphatic rings. The lowest BCUT2D eigenvalue weighted by Gasteiger charge is -2.30. The predicted octanol–water partition coefficient (Wildman–Crippen LogP) is 12.2. The summed E-state index contributed by atoms with van der Waals surface area (Å²) >= 11 is 0. The van der Waals surface area contributed by atoms with E-state index in [1.165, 1.54) is 93.8 Å². The third-order valence-corrected chi connectivity index (χ3v) is 11.7. The minimum Gasteiger partial charge on any atom is -0.307 e. The van der Waals surface area contributed by atoms with Crippen molar-refractivity contribution in [2.24, 2.45) is 0 Å². The van der Waals surface area contributed by atoms with E-state index in [0.717, 1.165) is 5.69 Å². The molecule has 0 N–H and O–H groups in total. The maximum atomic E-state index is 2.54. The van der Waals surface area contributed by atoms with Crippen molar-refractivity contribution in [3.63, 3.8) is 0 Å². The Bertz CT molecular complexity index is 3020. The highest BCUT2D eigenvalue weighted by Gasteiger charge is 2.51. The second kappa shape index (κ2) is 9.74. The fourth-order valence-corrected chi connectivity index (χ4v) is 9.84. The number of benzene rings is 8. The average Bonchev–Trinajstić information content (AvgIpc) is 3.90. The van der Waals surface area contributed by atoms with Crippen LogP contribution in [-0.4, -0.2) is 9.13 Å². The summed E-state index contributed by atoms with van der Waals surface area (Å²) in [6, 6.07) is 67.7. The van der Waals surface area contributed by atoms with Crippen LogP contribution in [0.25, 0.3) is 77.2 Å². The van der Waals surface area contributed by atoms with Gasteiger partial charge in [0.1, 0.15) is 0 Å². The molecule has 2 heterocycles. The van der Waals surface area contributed by atoms with E-state index >= 15 is 0 Å². The third-order valence-electron chi connectivity index (χ3n) is 11.7. The SMILES string of the molecule is c1ccc(-n2c3ccccc3c3ccc4c5ccccc5n(-c5ccc6c(c5)C5(c7ccccc7-c7ccccc75)c5ccccc5-6)c4c32)cc1. The van der Waals surface area contributed by atoms with Crippen LogP contribution in [0.3, 0.4) is 0 Å². The standard InChI is InChI=1S/C49H30N2/c1-2-14-31(15-3-1)50-45-24-12-7-19-37(45)39-28-29-40-38-20-8-13-25-46(38)51(48(40)47(39)50)32-26-27-36-35-18-6-11-23-43(35)49(44(36)30-32)41-21-9-4-16-33(41)34-17-5-10-22-42(34)49/h1-30H. The summed E-state index contributed by atoms with van der Waals surface area (Å²) < 4.78 is 5.01. The smallest absolute Gasteiger partial charge is 0.0788 e. The number of hydrogen-bond donors (Lipinski definition) is 0. The van der Waals surface area contributed by atoms with Gasteiger partial charge in [-0.25, -0.2) is 0 Å². The molecular weight excluding hydrogens is 617 g/mol. The predicted molar refractivity (Wildman–Crippen MR) is 211 cm³/mol. The van der Waals surface area contributed by atoms with Gasteiger partial charge in [0, 0.05) is 32.9 Å². The second-order valence-electron chi connectivity index (χ2n) is 14.0. The van der Waals surface area contributed by atoms with Crippen LogP contribution in [0, 0.1) is 0 Å². The highest BCUT2D eigenvalue weighted by atomic mass is 15.0. The molecule has 12 rings (SSSR count). The Hall–Kier alpha value is -6.64. The molecule has 2 aliphatic carbocycles. The van der Waals surface area contributed by atoms with E-state index in [1.54, 1.807) is 0 Å². The molecule has 2 aromatic heterocycles. The molecule has 8 aromatic carbocycles. The first-order valence-electron chi connectivity index (χ1n) is 17.8. The fraction of sp³-hybridized carbons (Fsp3) is 0.0204. The van der Waals surface area contributed by atoms with E-state index in [4.69, 9.17) is 0 Å². The Kier molecular flexibility index (Phi) is 5.20. The largest absolute Gasteiger partial charge is 0.307 e. The monoisotopic (exact) mass is 646 g/mol. The van der Waals surface area contributed by atoms with Gasteiger partial charge in [0.15, 0.2) is 0 Å². The Morgan fingerprint density at radius 1 is 0.294 bits per heavy atom. The molecule has 0 saturated carbocycles. The number of fused-ring (bicyclic) bond motifs is 17. The van der Waals surface area contributed by atoms with Gasteiger partial charge in [0.05, 0.1) is 27.5 Å². The van der Waals surface area contributed by atoms with Crippen LogP contribution in [-0.2, 0) is 5.41 Å². The molecule has 236 valence electrons. The molecular formula is C49H30N2. The van der Waals surface area contributed by atoms with Crippen molar-refractivity contribution >= 4 is 43.6 Å². The van der Waals surface area contributed by atoms with Crippen LogP contribution in [0.5, 0.6) is 0 Å². The molecule has 0 atom stereocenters. The zero-order valence-corrected chi connectivity index (χ0v) is 27.7. The normalized spacial score (nSPS) is 13.6. The Morgan fingerprint density at radius 2 is 0.725 bits per heavy atom. The molecule has 0 amide bonds. The highest BCUT2D eigenvalue weighted by Crippen LogP contribution is 2.63. The maximum Gasteiger partial charge on any atom is 0.0788 e. The van der Waals surface area contributed by atoms with Crippen LogP contribution < -0.4 is 0 Å². The van der Waals surface area contributed by atoms with Crippen LogP contribution in [0.2, 0.25) is 0 Å². The molecule has 0 fully saturated rings. The summed E-state index contributed by atoms with van der Waals surface area (Å²) in [5.41, 5.74) is 17.5. The molecule has 0 bridgehead atoms. The molecule has 51 heavy (non-hydrogen) atoms. The Morgan fingerprint density at radius 3 is 1.27 bits per heavy atom. The summed E-state index contributed by atoms with van der Waals surface area (Å²) in [6.45, 7) is 0. The van der Waals surface area contributed by atoms with Crippen LogP contribution >= 0.6 is 0 Å². The molecule has 0 unspecified atom stereocenters. The number of nitrogens with zero attached hydrogens (tertiary/aromatic N) is 2. The van der Waals surface area contributed by atoms with Gasteiger partial charge in [0.25, 0.3) is 0 Å². The fourth-order valence-electron chi connectivity index (χ4n) is 9.84. The lowest BCUT2D eigenvalue weighted by molar-refractivity contribution is 0.792. The van der Waals surface area contributed by atoms with E-state index in [1.807, 2.05) is 0 Å². The molecule has 1 spiro atoms. The van der Waals surface area contributed by atoms with E-state index in [2.05, 4.69) is 191 Å². The van der Waals surface area contributed by atoms with Gasteiger partial charge in [-0.1, -0.05) is 146 Å². The Labute approximate surface area is 295 Å². The third kappa shape index (κ3) is 3.28. The summed E-state index contributed by atoms with van der Waals surface area (Å²) in [5.74, 6) is 0. The molecule has 0 saturated heterocycles. The van der Waals surface area contributed by atoms with Crippen molar-refractivity contribution < 1.29 is 0 Å². The van der Waals surface area contributed by atoms with E-state index in [-0.39, 0.29) is 0 Å². The van der Waals surface area contributed by atoms with E-state index < -0.39 is 5.41 Å². The van der Waals surface area contributed by atoms with Crippen molar-refractivity contribution in [1.82, 2.24) is 9.13 Å². The van der Waals surface area contributed by atoms with E-state index in [0.29, 0.717) is 0 Å². The molecule has 10 aromatic rings. The molecule has 0 aliphatic heterocycles. The minimum atomic E-state index is -0.401. The van der Waals surface area contributed by atoms with Crippen LogP contribution in [0.1, 0.15) is 22.3 Å². The van der Waals surface area contributed by atoms with Crippen LogP contribution in [0.15, 0.2) is 182 Å². The quantitative estimate of drug-likeness (QED) is 0.177. The molecule has 0 radical (unpaired) electrons. The summed E-state index contributed by atoms with van der Waals surface area (Å²) in [7, 11) is 0. The van der Waals surface area contributed by atoms with Gasteiger partial charge in [0.2, 0.25) is 0 Å². The summed E-state index contributed by atoms with van der Waals surface area (Å²) in [4.78, 5) is 0. The van der Waals surface area contributed by atoms with Crippen LogP contribution in [0.4, 0.5) is 0 Å². The zero-order valence-electron chi connectivity index (χ0n) is 27.7. The lowest BCUT2D eigenvalue weighted by Crippen LogP contribution is -2.26. The Balaban J connectivity index is 1.25. The minimum absolute atomic E-state index is 0.401. The van der Waals surface area contributed by atoms with Crippen molar-refractivity contribution in [2.45, 2.75) is 5.41 Å². The number of hydrogen-bond acceptors (Lipinski definition) is 0. The average molecular weight is 647 g/mol. The first kappa shape index (κ1) is 27.2. The summed E-state index contributed by atoms with van der Waals surface area (Å²) in [6.07, 6.45) is 0. The zero-order chi connectivity index (χ0) is 33.3. The summed E-state index contributed by atoms with van der Waals surface area (Å²) in [5, 5.41) is 5.04. The topological polar surface area (TPSA) is 9.86 Å². The van der Waals surface area contributed by atoms with Gasteiger partial charge in [-0.2, -0.15) is 0 Å². The molecule has 2 heteroatoms. The first-order valence-corrected chi connectivity index (χ1v) is 17.8. The number of aromatic nitrogens is 2. The van der Waals surface area contributed by atoms with Gasteiger partial charge in [-0.15, -0.1) is 0 Å². The van der Waals surface area contributed by atoms with Gasteiger partial charge >= 0.3 is 0 Å². The number of para-hydroxylation sites is 3. The van der Waals surface area contributed by atoms with Crippen molar-refractivity contribution in [3.8, 4) is 33.6 Å². The highest BCUT2D eigenvalue weighted by molar-refractivity contribution is 6.23. The van der Waals surface area contributed by atoms with E-state index in [9.17, 15) is 0 Å². The second-order valence-corrected chi connectivity index (χ2v) is 14.0. The van der Waals surface area contributed by atoms with Gasteiger partial charge < -0.3 is 9.13 Å². The maximum absolute atomic E-state index is 2.54. The lowest BCUT2D eigenvalue weighted by atomic mass is 9.70. The van der Waals surface area contributed by atoms with Crippen molar-refractivity contribution in [3.05, 3.63) is 204 Å². The van der Waals surface area contributed by atoms with Gasteiger partial charge in [-0.3, -0.25) is 0 Å². The van der Waals surface area contributed by atoms with Crippen molar-refractivity contribution in [2.75, 3.05) is 0 Å². The first-order chi connectivity index (χ1) is 25.3.